The van der Waals surface area contributed by atoms with Gasteiger partial charge in [0.05, 0.1) is 17.9 Å². The summed E-state index contributed by atoms with van der Waals surface area (Å²) in [7, 11) is 0. The molecule has 8 heteroatoms. The second-order valence-corrected chi connectivity index (χ2v) is 8.39. The first-order valence-corrected chi connectivity index (χ1v) is 11.4. The zero-order valence-electron chi connectivity index (χ0n) is 19.8. The normalized spacial score (nSPS) is 14.6. The van der Waals surface area contributed by atoms with Gasteiger partial charge in [0.15, 0.2) is 0 Å². The van der Waals surface area contributed by atoms with Crippen LogP contribution in [0.3, 0.4) is 0 Å². The lowest BCUT2D eigenvalue weighted by molar-refractivity contribution is -0.112. The number of esters is 1. The maximum Gasteiger partial charge on any atom is 0.342 e. The van der Waals surface area contributed by atoms with E-state index in [0.29, 0.717) is 28.4 Å². The van der Waals surface area contributed by atoms with Crippen molar-refractivity contribution in [2.75, 3.05) is 0 Å². The Morgan fingerprint density at radius 2 is 1.83 bits per heavy atom. The van der Waals surface area contributed by atoms with Crippen molar-refractivity contribution in [3.63, 3.8) is 0 Å². The molecule has 3 aromatic carbocycles. The second kappa shape index (κ2) is 10.2. The van der Waals surface area contributed by atoms with Crippen LogP contribution in [0.4, 0.5) is 4.39 Å². The molecule has 4 aromatic rings. The molecule has 1 atom stereocenters. The molecule has 184 valence electrons. The van der Waals surface area contributed by atoms with Crippen LogP contribution in [0.5, 0.6) is 11.5 Å². The molecular formula is C28H24FNO6. The van der Waals surface area contributed by atoms with E-state index in [1.807, 2.05) is 37.3 Å². The summed E-state index contributed by atoms with van der Waals surface area (Å²) < 4.78 is 42.7. The number of aromatic nitrogens is 1. The first-order valence-electron chi connectivity index (χ1n) is 11.4. The van der Waals surface area contributed by atoms with Crippen LogP contribution in [0.25, 0.3) is 0 Å². The van der Waals surface area contributed by atoms with Crippen LogP contribution in [0.1, 0.15) is 50.4 Å². The minimum Gasteiger partial charge on any atom is -0.488 e. The van der Waals surface area contributed by atoms with Gasteiger partial charge in [-0.1, -0.05) is 47.6 Å². The van der Waals surface area contributed by atoms with E-state index in [-0.39, 0.29) is 25.4 Å². The van der Waals surface area contributed by atoms with Gasteiger partial charge in [0.2, 0.25) is 6.29 Å². The van der Waals surface area contributed by atoms with Gasteiger partial charge in [-0.05, 0) is 38.1 Å². The lowest BCUT2D eigenvalue weighted by atomic mass is 10.1. The largest absolute Gasteiger partial charge is 0.488 e. The van der Waals surface area contributed by atoms with Crippen molar-refractivity contribution in [1.29, 1.82) is 0 Å². The standard InChI is InChI=1S/C28H24FNO6/c1-17-24(18(2)36-30-17)16-32-25-11-7-6-10-23(25)27(31)33-14-20-12-22(29)13-21-15-34-28(35-26(20)21)19-8-4-3-5-9-19/h3-13,28H,14-16H2,1-2H3. The zero-order chi connectivity index (χ0) is 25.1. The SMILES string of the molecule is Cc1noc(C)c1COc1ccccc1C(=O)OCc1cc(F)cc2c1OC(c1ccccc1)OC2. The molecular weight excluding hydrogens is 465 g/mol. The lowest BCUT2D eigenvalue weighted by Gasteiger charge is -2.28. The summed E-state index contributed by atoms with van der Waals surface area (Å²) in [5.41, 5.74) is 3.59. The van der Waals surface area contributed by atoms with Gasteiger partial charge in [-0.15, -0.1) is 0 Å². The van der Waals surface area contributed by atoms with Crippen molar-refractivity contribution < 1.29 is 32.7 Å². The first kappa shape index (κ1) is 23.6. The Kier molecular flexibility index (Phi) is 6.69. The number of hydrogen-bond acceptors (Lipinski definition) is 7. The van der Waals surface area contributed by atoms with E-state index in [0.717, 1.165) is 16.8 Å². The quantitative estimate of drug-likeness (QED) is 0.296. The smallest absolute Gasteiger partial charge is 0.342 e. The van der Waals surface area contributed by atoms with Gasteiger partial charge in [-0.3, -0.25) is 0 Å². The van der Waals surface area contributed by atoms with Crippen LogP contribution in [-0.4, -0.2) is 11.1 Å². The molecule has 0 amide bonds. The molecule has 36 heavy (non-hydrogen) atoms. The molecule has 0 saturated heterocycles. The summed E-state index contributed by atoms with van der Waals surface area (Å²) in [6.45, 7) is 3.81. The Morgan fingerprint density at radius 1 is 1.06 bits per heavy atom. The summed E-state index contributed by atoms with van der Waals surface area (Å²) in [6.07, 6.45) is -0.642. The van der Waals surface area contributed by atoms with Crippen molar-refractivity contribution in [2.24, 2.45) is 0 Å². The van der Waals surface area contributed by atoms with Gasteiger partial charge in [0.1, 0.15) is 41.9 Å². The molecule has 0 N–H and O–H groups in total. The Balaban J connectivity index is 1.31. The van der Waals surface area contributed by atoms with Crippen molar-refractivity contribution in [3.8, 4) is 11.5 Å². The summed E-state index contributed by atoms with van der Waals surface area (Å²) in [4.78, 5) is 13.0. The van der Waals surface area contributed by atoms with Crippen LogP contribution in [0.2, 0.25) is 0 Å². The monoisotopic (exact) mass is 489 g/mol. The van der Waals surface area contributed by atoms with E-state index in [9.17, 15) is 9.18 Å². The maximum atomic E-state index is 14.3. The van der Waals surface area contributed by atoms with Gasteiger partial charge in [0.25, 0.3) is 0 Å². The Bertz CT molecular complexity index is 1360. The highest BCUT2D eigenvalue weighted by molar-refractivity contribution is 5.92. The number of benzene rings is 3. The summed E-state index contributed by atoms with van der Waals surface area (Å²) in [5.74, 6) is 0.397. The molecule has 0 fully saturated rings. The summed E-state index contributed by atoms with van der Waals surface area (Å²) in [5, 5.41) is 3.92. The third kappa shape index (κ3) is 4.94. The Labute approximate surface area is 207 Å². The third-order valence-electron chi connectivity index (χ3n) is 5.91. The molecule has 0 radical (unpaired) electrons. The number of para-hydroxylation sites is 1. The number of rotatable bonds is 7. The topological polar surface area (TPSA) is 80.0 Å². The molecule has 0 bridgehead atoms. The van der Waals surface area contributed by atoms with Crippen molar-refractivity contribution in [3.05, 3.63) is 112 Å². The fourth-order valence-electron chi connectivity index (χ4n) is 4.00. The van der Waals surface area contributed by atoms with Gasteiger partial charge in [-0.25, -0.2) is 9.18 Å². The molecule has 0 saturated carbocycles. The Hall–Kier alpha value is -4.17. The van der Waals surface area contributed by atoms with Gasteiger partial charge in [-0.2, -0.15) is 0 Å². The number of carbonyl (C=O) groups excluding carboxylic acids is 1. The molecule has 5 rings (SSSR count). The highest BCUT2D eigenvalue weighted by Crippen LogP contribution is 2.37. The van der Waals surface area contributed by atoms with Gasteiger partial charge >= 0.3 is 5.97 Å². The molecule has 1 aliphatic rings. The van der Waals surface area contributed by atoms with Crippen LogP contribution in [0.15, 0.2) is 71.3 Å². The predicted octanol–water partition coefficient (Wildman–Crippen LogP) is 5.97. The number of carbonyl (C=O) groups is 1. The average molecular weight is 489 g/mol. The molecule has 0 spiro atoms. The van der Waals surface area contributed by atoms with Gasteiger partial charge in [0, 0.05) is 16.7 Å². The van der Waals surface area contributed by atoms with Crippen molar-refractivity contribution in [2.45, 2.75) is 40.0 Å². The van der Waals surface area contributed by atoms with Crippen LogP contribution in [-0.2, 0) is 29.3 Å². The minimum absolute atomic E-state index is 0.173. The fourth-order valence-corrected chi connectivity index (χ4v) is 4.00. The fraction of sp³-hybridized carbons (Fsp3) is 0.214. The molecule has 1 aliphatic heterocycles. The molecule has 0 aliphatic carbocycles. The first-order chi connectivity index (χ1) is 17.5. The third-order valence-corrected chi connectivity index (χ3v) is 5.91. The highest BCUT2D eigenvalue weighted by Gasteiger charge is 2.26. The molecule has 1 aromatic heterocycles. The highest BCUT2D eigenvalue weighted by atomic mass is 19.1. The van der Waals surface area contributed by atoms with E-state index in [4.69, 9.17) is 23.5 Å². The van der Waals surface area contributed by atoms with E-state index in [2.05, 4.69) is 5.16 Å². The summed E-state index contributed by atoms with van der Waals surface area (Å²) >= 11 is 0. The zero-order valence-corrected chi connectivity index (χ0v) is 19.8. The predicted molar refractivity (Wildman–Crippen MR) is 127 cm³/mol. The van der Waals surface area contributed by atoms with E-state index < -0.39 is 18.1 Å². The molecule has 7 nitrogen and oxygen atoms in total. The average Bonchev–Trinajstić information content (AvgIpc) is 3.22. The molecule has 1 unspecified atom stereocenters. The maximum absolute atomic E-state index is 14.3. The van der Waals surface area contributed by atoms with Gasteiger partial charge < -0.3 is 23.5 Å². The van der Waals surface area contributed by atoms with Crippen LogP contribution >= 0.6 is 0 Å². The lowest BCUT2D eigenvalue weighted by Crippen LogP contribution is -2.20. The van der Waals surface area contributed by atoms with Crippen molar-refractivity contribution in [1.82, 2.24) is 5.16 Å². The number of fused-ring (bicyclic) bond motifs is 1. The Morgan fingerprint density at radius 3 is 2.61 bits per heavy atom. The second-order valence-electron chi connectivity index (χ2n) is 8.39. The number of nitrogens with zero attached hydrogens (tertiary/aromatic N) is 1. The van der Waals surface area contributed by atoms with E-state index in [1.165, 1.54) is 12.1 Å². The number of aryl methyl sites for hydroxylation is 2. The van der Waals surface area contributed by atoms with E-state index >= 15 is 0 Å². The molecule has 2 heterocycles. The number of hydrogen-bond donors (Lipinski definition) is 0. The summed E-state index contributed by atoms with van der Waals surface area (Å²) in [6, 6.07) is 18.9. The van der Waals surface area contributed by atoms with Crippen LogP contribution in [0, 0.1) is 19.7 Å². The number of ether oxygens (including phenoxy) is 4. The van der Waals surface area contributed by atoms with Crippen LogP contribution < -0.4 is 9.47 Å². The van der Waals surface area contributed by atoms with Crippen molar-refractivity contribution >= 4 is 5.97 Å². The minimum atomic E-state index is -0.642. The number of halogens is 1. The van der Waals surface area contributed by atoms with E-state index in [1.54, 1.807) is 31.2 Å².